The number of hydrogen-bond acceptors (Lipinski definition) is 11. The molecule has 0 aliphatic heterocycles. The Hall–Kier alpha value is -3.12. The zero-order valence-electron chi connectivity index (χ0n) is 23.7. The number of carboxylic acids is 1. The van der Waals surface area contributed by atoms with Crippen molar-refractivity contribution in [2.24, 2.45) is 5.73 Å². The Morgan fingerprint density at radius 2 is 1.24 bits per heavy atom. The van der Waals surface area contributed by atoms with Crippen LogP contribution >= 0.6 is 0 Å². The van der Waals surface area contributed by atoms with E-state index in [0.717, 1.165) is 12.8 Å². The third-order valence-electron chi connectivity index (χ3n) is 5.36. The molecule has 0 saturated heterocycles. The first kappa shape index (κ1) is 37.9. The molecule has 0 spiro atoms. The molecule has 0 saturated carbocycles. The van der Waals surface area contributed by atoms with Crippen LogP contribution < -0.4 is 27.0 Å². The molecule has 4 amide bonds. The number of aliphatic carboxylic acids is 1. The summed E-state index contributed by atoms with van der Waals surface area (Å²) in [6, 6.07) is -1.56. The van der Waals surface area contributed by atoms with Crippen molar-refractivity contribution >= 4 is 43.6 Å². The van der Waals surface area contributed by atoms with E-state index in [1.165, 1.54) is 7.85 Å². The molecule has 0 aliphatic carbocycles. The Morgan fingerprint density at radius 3 is 1.76 bits per heavy atom. The average molecular weight is 589 g/mol. The monoisotopic (exact) mass is 589 g/mol. The molecule has 234 valence electrons. The number of nitrogens with one attached hydrogen (secondary N) is 4. The Morgan fingerprint density at radius 1 is 0.732 bits per heavy atom. The van der Waals surface area contributed by atoms with Crippen LogP contribution in [0.1, 0.15) is 32.1 Å². The topological polar surface area (TPSA) is 234 Å². The number of carbonyl (C=O) groups is 6. The minimum absolute atomic E-state index is 0.0269. The molecule has 0 bridgehead atoms. The van der Waals surface area contributed by atoms with Crippen molar-refractivity contribution in [1.29, 1.82) is 0 Å². The van der Waals surface area contributed by atoms with Crippen molar-refractivity contribution in [3.8, 4) is 0 Å². The van der Waals surface area contributed by atoms with Crippen LogP contribution in [-0.4, -0.2) is 133 Å². The minimum Gasteiger partial charge on any atom is -0.480 e. The molecular weight excluding hydrogens is 545 g/mol. The largest absolute Gasteiger partial charge is 0.480 e. The second kappa shape index (κ2) is 25.8. The number of ether oxygens (including phenoxy) is 4. The van der Waals surface area contributed by atoms with Gasteiger partial charge in [-0.15, -0.1) is 0 Å². The number of carbonyl (C=O) groups excluding carboxylic acids is 5. The third kappa shape index (κ3) is 24.4. The summed E-state index contributed by atoms with van der Waals surface area (Å²) in [7, 11) is 1.46. The number of amides is 4. The molecule has 2 atom stereocenters. The lowest BCUT2D eigenvalue weighted by Crippen LogP contribution is -2.37. The smallest absolute Gasteiger partial charge is 0.326 e. The van der Waals surface area contributed by atoms with E-state index in [1.54, 1.807) is 0 Å². The van der Waals surface area contributed by atoms with Crippen molar-refractivity contribution < 1.29 is 52.8 Å². The van der Waals surface area contributed by atoms with E-state index in [4.69, 9.17) is 29.8 Å². The Bertz CT molecular complexity index is 791. The highest BCUT2D eigenvalue weighted by molar-refractivity contribution is 6.59. The zero-order chi connectivity index (χ0) is 30.7. The molecule has 16 nitrogen and oxygen atoms in total. The van der Waals surface area contributed by atoms with Gasteiger partial charge < -0.3 is 55.8 Å². The van der Waals surface area contributed by atoms with Crippen LogP contribution in [0.15, 0.2) is 0 Å². The maximum atomic E-state index is 11.7. The Balaban J connectivity index is 3.47. The molecule has 0 aliphatic rings. The first-order valence-corrected chi connectivity index (χ1v) is 13.5. The maximum Gasteiger partial charge on any atom is 0.326 e. The summed E-state index contributed by atoms with van der Waals surface area (Å²) in [5.41, 5.74) is 5.60. The van der Waals surface area contributed by atoms with Crippen molar-refractivity contribution in [2.75, 3.05) is 72.5 Å². The van der Waals surface area contributed by atoms with E-state index in [2.05, 4.69) is 21.3 Å². The fraction of sp³-hybridized carbons (Fsp3) is 0.750. The van der Waals surface area contributed by atoms with E-state index in [-0.39, 0.29) is 109 Å². The molecule has 0 aromatic rings. The predicted octanol–water partition coefficient (Wildman–Crippen LogP) is -3.96. The fourth-order valence-electron chi connectivity index (χ4n) is 3.04. The van der Waals surface area contributed by atoms with Crippen LogP contribution in [0, 0.1) is 0 Å². The third-order valence-corrected chi connectivity index (χ3v) is 5.36. The van der Waals surface area contributed by atoms with Crippen molar-refractivity contribution in [2.45, 2.75) is 44.2 Å². The van der Waals surface area contributed by atoms with Crippen LogP contribution in [0.3, 0.4) is 0 Å². The first-order valence-electron chi connectivity index (χ1n) is 13.5. The van der Waals surface area contributed by atoms with Crippen molar-refractivity contribution in [3.63, 3.8) is 0 Å². The van der Waals surface area contributed by atoms with Gasteiger partial charge in [0.15, 0.2) is 7.85 Å². The molecule has 0 aromatic carbocycles. The van der Waals surface area contributed by atoms with Crippen LogP contribution in [0.5, 0.6) is 0 Å². The SMILES string of the molecule is BC(=O)C(N)CCCCNC(=O)COCCOCCNC(=O)COCCOCCNC(=O)CCC(NC=O)C(=O)O. The van der Waals surface area contributed by atoms with Gasteiger partial charge in [0.25, 0.3) is 0 Å². The molecule has 0 aromatic heterocycles. The highest BCUT2D eigenvalue weighted by Gasteiger charge is 2.17. The second-order valence-electron chi connectivity index (χ2n) is 8.81. The van der Waals surface area contributed by atoms with Gasteiger partial charge in [-0.05, 0) is 25.7 Å². The van der Waals surface area contributed by atoms with Gasteiger partial charge in [-0.2, -0.15) is 0 Å². The van der Waals surface area contributed by atoms with Gasteiger partial charge in [-0.1, -0.05) is 0 Å². The van der Waals surface area contributed by atoms with E-state index >= 15 is 0 Å². The Kier molecular flexibility index (Phi) is 23.9. The molecule has 0 radical (unpaired) electrons. The van der Waals surface area contributed by atoms with E-state index < -0.39 is 18.1 Å². The lowest BCUT2D eigenvalue weighted by molar-refractivity contribution is -0.141. The summed E-state index contributed by atoms with van der Waals surface area (Å²) in [5.74, 6) is -2.13. The number of hydrogen-bond donors (Lipinski definition) is 6. The van der Waals surface area contributed by atoms with E-state index in [1.807, 2.05) is 0 Å². The molecule has 0 heterocycles. The van der Waals surface area contributed by atoms with Gasteiger partial charge in [0, 0.05) is 26.1 Å². The van der Waals surface area contributed by atoms with Gasteiger partial charge in [0.1, 0.15) is 19.3 Å². The summed E-state index contributed by atoms with van der Waals surface area (Å²) >= 11 is 0. The van der Waals surface area contributed by atoms with Crippen molar-refractivity contribution in [1.82, 2.24) is 21.3 Å². The number of rotatable bonds is 28. The number of nitrogens with two attached hydrogens (primary N) is 1. The average Bonchev–Trinajstić information content (AvgIpc) is 2.93. The molecular formula is C24H44BN5O11. The maximum absolute atomic E-state index is 11.7. The van der Waals surface area contributed by atoms with Gasteiger partial charge >= 0.3 is 5.97 Å². The van der Waals surface area contributed by atoms with Gasteiger partial charge in [0.05, 0.1) is 51.4 Å². The number of unbranched alkanes of at least 4 members (excludes halogenated alkanes) is 1. The summed E-state index contributed by atoms with van der Waals surface area (Å²) < 4.78 is 21.0. The fourth-order valence-corrected chi connectivity index (χ4v) is 3.04. The second-order valence-corrected chi connectivity index (χ2v) is 8.81. The number of carboxylic acid groups (broad SMARTS) is 1. The molecule has 7 N–H and O–H groups in total. The normalized spacial score (nSPS) is 12.1. The van der Waals surface area contributed by atoms with Crippen molar-refractivity contribution in [3.05, 3.63) is 0 Å². The van der Waals surface area contributed by atoms with Crippen LogP contribution in [-0.2, 0) is 47.7 Å². The van der Waals surface area contributed by atoms with Crippen LogP contribution in [0.2, 0.25) is 0 Å². The first-order chi connectivity index (χ1) is 19.7. The molecule has 17 heteroatoms. The Labute approximate surface area is 240 Å². The highest BCUT2D eigenvalue weighted by Crippen LogP contribution is 1.98. The lowest BCUT2D eigenvalue weighted by atomic mass is 9.92. The van der Waals surface area contributed by atoms with Gasteiger partial charge in [-0.3, -0.25) is 19.2 Å². The lowest BCUT2D eigenvalue weighted by Gasteiger charge is -2.11. The zero-order valence-corrected chi connectivity index (χ0v) is 23.7. The van der Waals surface area contributed by atoms with E-state index in [9.17, 15) is 28.8 Å². The standard InChI is InChI=1S/C24H44BN5O11/c25-23(35)18(26)3-1-2-6-27-21(33)15-40-13-12-39-10-8-29-22(34)16-41-14-11-38-9-7-28-20(32)5-4-19(24(36)37)30-17-31/h17-19H,1-16,25-26H2,(H,27,33)(H,28,32)(H,29,34)(H,30,31)(H,36,37). The summed E-state index contributed by atoms with van der Waals surface area (Å²) in [6.45, 7) is 2.11. The summed E-state index contributed by atoms with van der Waals surface area (Å²) in [4.78, 5) is 67.3. The summed E-state index contributed by atoms with van der Waals surface area (Å²) in [5, 5.41) is 18.9. The van der Waals surface area contributed by atoms with Gasteiger partial charge in [0.2, 0.25) is 24.1 Å². The molecule has 41 heavy (non-hydrogen) atoms. The summed E-state index contributed by atoms with van der Waals surface area (Å²) in [6.07, 6.45) is 2.27. The highest BCUT2D eigenvalue weighted by atomic mass is 16.5. The molecule has 0 fully saturated rings. The van der Waals surface area contributed by atoms with E-state index in [0.29, 0.717) is 13.0 Å². The quantitative estimate of drug-likeness (QED) is 0.0291. The van der Waals surface area contributed by atoms with Crippen LogP contribution in [0.25, 0.3) is 0 Å². The molecule has 0 rings (SSSR count). The van der Waals surface area contributed by atoms with Gasteiger partial charge in [-0.25, -0.2) is 4.79 Å². The molecule has 2 unspecified atom stereocenters. The minimum atomic E-state index is -1.21. The predicted molar refractivity (Wildman–Crippen MR) is 148 cm³/mol. The van der Waals surface area contributed by atoms with Crippen LogP contribution in [0.4, 0.5) is 0 Å².